The number of hydrogen-bond donors (Lipinski definition) is 2. The van der Waals surface area contributed by atoms with Crippen molar-refractivity contribution in [1.82, 2.24) is 20.2 Å². The van der Waals surface area contributed by atoms with Gasteiger partial charge >= 0.3 is 6.01 Å². The van der Waals surface area contributed by atoms with Gasteiger partial charge in [-0.1, -0.05) is 35.9 Å². The minimum absolute atomic E-state index is 0.0411. The Labute approximate surface area is 226 Å². The summed E-state index contributed by atoms with van der Waals surface area (Å²) in [5.74, 6) is 0.115. The van der Waals surface area contributed by atoms with E-state index in [0.717, 1.165) is 62.8 Å². The summed E-state index contributed by atoms with van der Waals surface area (Å²) in [5, 5.41) is 16.2. The van der Waals surface area contributed by atoms with Gasteiger partial charge in [0.05, 0.1) is 5.02 Å². The van der Waals surface area contributed by atoms with E-state index < -0.39 is 5.82 Å². The number of fused-ring (bicyclic) bond motifs is 2. The van der Waals surface area contributed by atoms with E-state index >= 15 is 4.39 Å². The average molecular weight is 536 g/mol. The van der Waals surface area contributed by atoms with Gasteiger partial charge in [0, 0.05) is 36.6 Å². The quantitative estimate of drug-likeness (QED) is 0.363. The third kappa shape index (κ3) is 4.72. The van der Waals surface area contributed by atoms with Crippen LogP contribution in [0, 0.1) is 5.82 Å². The van der Waals surface area contributed by atoms with Crippen LogP contribution < -0.4 is 15.0 Å². The van der Waals surface area contributed by atoms with Crippen LogP contribution in [0.3, 0.4) is 0 Å². The van der Waals surface area contributed by atoms with Crippen LogP contribution >= 0.6 is 11.6 Å². The van der Waals surface area contributed by atoms with Gasteiger partial charge in [-0.2, -0.15) is 9.97 Å². The maximum atomic E-state index is 16.5. The van der Waals surface area contributed by atoms with E-state index in [-0.39, 0.29) is 33.9 Å². The number of nitrogens with one attached hydrogen (secondary N) is 1. The molecule has 0 aliphatic carbocycles. The molecule has 0 unspecified atom stereocenters. The van der Waals surface area contributed by atoms with E-state index in [2.05, 4.69) is 27.1 Å². The van der Waals surface area contributed by atoms with Crippen molar-refractivity contribution in [2.24, 2.45) is 0 Å². The van der Waals surface area contributed by atoms with Crippen LogP contribution in [-0.2, 0) is 0 Å². The Balaban J connectivity index is 1.52. The minimum atomic E-state index is -0.553. The highest BCUT2D eigenvalue weighted by atomic mass is 35.5. The maximum Gasteiger partial charge on any atom is 0.319 e. The Morgan fingerprint density at radius 1 is 1.08 bits per heavy atom. The standard InChI is InChI=1S/C29H31ClFN5O2/c1-35-11-4-7-19(35)17-38-29-33-27-23(28(34-29)36-12-5-9-32-10-13-36)16-24(30)25(26(27)31)22-15-20(37)14-18-6-2-3-8-21(18)22/h2-3,6,8,14-16,19,32,37H,4-5,7,9-13,17H2,1H3/t19-/m0/s1. The summed E-state index contributed by atoms with van der Waals surface area (Å²) in [7, 11) is 2.09. The Kier molecular flexibility index (Phi) is 6.95. The zero-order chi connectivity index (χ0) is 26.2. The fourth-order valence-electron chi connectivity index (χ4n) is 5.63. The molecule has 7 nitrogen and oxygen atoms in total. The summed E-state index contributed by atoms with van der Waals surface area (Å²) in [6, 6.07) is 12.9. The molecule has 2 aliphatic heterocycles. The molecule has 4 aromatic rings. The number of ether oxygens (including phenoxy) is 1. The number of halogens is 2. The van der Waals surface area contributed by atoms with Crippen molar-refractivity contribution in [3.63, 3.8) is 0 Å². The Morgan fingerprint density at radius 3 is 2.79 bits per heavy atom. The molecule has 198 valence electrons. The van der Waals surface area contributed by atoms with Crippen LogP contribution in [0.2, 0.25) is 5.02 Å². The molecule has 3 heterocycles. The molecule has 3 aromatic carbocycles. The van der Waals surface area contributed by atoms with Crippen LogP contribution in [-0.4, -0.2) is 72.4 Å². The number of hydrogen-bond acceptors (Lipinski definition) is 7. The Hall–Kier alpha value is -3.20. The summed E-state index contributed by atoms with van der Waals surface area (Å²) >= 11 is 6.80. The van der Waals surface area contributed by atoms with Gasteiger partial charge < -0.3 is 25.0 Å². The zero-order valence-corrected chi connectivity index (χ0v) is 22.1. The van der Waals surface area contributed by atoms with Crippen molar-refractivity contribution in [2.75, 3.05) is 51.3 Å². The molecular formula is C29H31ClFN5O2. The van der Waals surface area contributed by atoms with E-state index in [9.17, 15) is 5.11 Å². The predicted octanol–water partition coefficient (Wildman–Crippen LogP) is 5.22. The third-order valence-corrected chi connectivity index (χ3v) is 7.97. The first-order valence-corrected chi connectivity index (χ1v) is 13.6. The van der Waals surface area contributed by atoms with Gasteiger partial charge in [0.2, 0.25) is 0 Å². The number of likely N-dealkylation sites (tertiary alicyclic amines) is 1. The highest BCUT2D eigenvalue weighted by molar-refractivity contribution is 6.35. The van der Waals surface area contributed by atoms with Crippen molar-refractivity contribution < 1.29 is 14.2 Å². The minimum Gasteiger partial charge on any atom is -0.508 e. The molecule has 1 aromatic heterocycles. The lowest BCUT2D eigenvalue weighted by atomic mass is 9.96. The lowest BCUT2D eigenvalue weighted by Gasteiger charge is -2.24. The van der Waals surface area contributed by atoms with Crippen molar-refractivity contribution in [1.29, 1.82) is 0 Å². The van der Waals surface area contributed by atoms with Crippen molar-refractivity contribution in [3.05, 3.63) is 53.3 Å². The lowest BCUT2D eigenvalue weighted by molar-refractivity contribution is 0.188. The molecule has 0 saturated carbocycles. The number of phenolic OH excluding ortho intramolecular Hbond substituents is 1. The van der Waals surface area contributed by atoms with Crippen LogP contribution in [0.4, 0.5) is 10.2 Å². The third-order valence-electron chi connectivity index (χ3n) is 7.67. The summed E-state index contributed by atoms with van der Waals surface area (Å²) in [6.07, 6.45) is 3.12. The molecule has 0 spiro atoms. The number of aromatic nitrogens is 2. The molecule has 2 saturated heterocycles. The molecular weight excluding hydrogens is 505 g/mol. The fourth-order valence-corrected chi connectivity index (χ4v) is 5.93. The number of rotatable bonds is 5. The molecule has 2 fully saturated rings. The molecule has 0 bridgehead atoms. The Morgan fingerprint density at radius 2 is 1.95 bits per heavy atom. The van der Waals surface area contributed by atoms with Crippen LogP contribution in [0.5, 0.6) is 11.8 Å². The van der Waals surface area contributed by atoms with E-state index in [1.165, 1.54) is 0 Å². The van der Waals surface area contributed by atoms with Crippen LogP contribution in [0.1, 0.15) is 19.3 Å². The SMILES string of the molecule is CN1CCC[C@H]1COc1nc(N2CCCNCC2)c2cc(Cl)c(-c3cc(O)cc4ccccc34)c(F)c2n1. The van der Waals surface area contributed by atoms with E-state index in [0.29, 0.717) is 23.4 Å². The van der Waals surface area contributed by atoms with E-state index in [4.69, 9.17) is 21.3 Å². The second-order valence-corrected chi connectivity index (χ2v) is 10.6. The van der Waals surface area contributed by atoms with Gasteiger partial charge in [-0.15, -0.1) is 0 Å². The lowest BCUT2D eigenvalue weighted by Crippen LogP contribution is -2.31. The van der Waals surface area contributed by atoms with E-state index in [1.807, 2.05) is 24.3 Å². The second-order valence-electron chi connectivity index (χ2n) is 10.2. The van der Waals surface area contributed by atoms with Crippen LogP contribution in [0.25, 0.3) is 32.8 Å². The normalized spacial score (nSPS) is 18.8. The number of aromatic hydroxyl groups is 1. The summed E-state index contributed by atoms with van der Waals surface area (Å²) < 4.78 is 22.6. The number of anilines is 1. The van der Waals surface area contributed by atoms with Crippen molar-refractivity contribution in [3.8, 4) is 22.9 Å². The monoisotopic (exact) mass is 535 g/mol. The smallest absolute Gasteiger partial charge is 0.319 e. The average Bonchev–Trinajstić information content (AvgIpc) is 3.14. The summed E-state index contributed by atoms with van der Waals surface area (Å²) in [6.45, 7) is 4.71. The van der Waals surface area contributed by atoms with Gasteiger partial charge in [-0.3, -0.25) is 0 Å². The molecule has 9 heteroatoms. The summed E-state index contributed by atoms with van der Waals surface area (Å²) in [5.41, 5.74) is 0.878. The largest absolute Gasteiger partial charge is 0.508 e. The van der Waals surface area contributed by atoms with Gasteiger partial charge in [-0.05, 0) is 73.9 Å². The van der Waals surface area contributed by atoms with E-state index in [1.54, 1.807) is 18.2 Å². The number of likely N-dealkylation sites (N-methyl/N-ethyl adjacent to an activating group) is 1. The van der Waals surface area contributed by atoms with Crippen molar-refractivity contribution >= 4 is 39.1 Å². The highest BCUT2D eigenvalue weighted by Crippen LogP contribution is 2.42. The molecule has 0 amide bonds. The maximum absolute atomic E-state index is 16.5. The van der Waals surface area contributed by atoms with Gasteiger partial charge in [0.15, 0.2) is 5.82 Å². The number of nitrogens with zero attached hydrogens (tertiary/aromatic N) is 4. The van der Waals surface area contributed by atoms with Crippen molar-refractivity contribution in [2.45, 2.75) is 25.3 Å². The molecule has 1 atom stereocenters. The first kappa shape index (κ1) is 25.1. The number of benzene rings is 3. The molecule has 0 radical (unpaired) electrons. The van der Waals surface area contributed by atoms with Gasteiger partial charge in [-0.25, -0.2) is 4.39 Å². The molecule has 2 N–H and O–H groups in total. The molecule has 38 heavy (non-hydrogen) atoms. The van der Waals surface area contributed by atoms with Gasteiger partial charge in [0.25, 0.3) is 0 Å². The molecule has 2 aliphatic rings. The molecule has 6 rings (SSSR count). The first-order valence-electron chi connectivity index (χ1n) is 13.2. The first-order chi connectivity index (χ1) is 18.5. The predicted molar refractivity (Wildman–Crippen MR) is 150 cm³/mol. The Bertz CT molecular complexity index is 1490. The summed E-state index contributed by atoms with van der Waals surface area (Å²) in [4.78, 5) is 13.8. The fraction of sp³-hybridized carbons (Fsp3) is 0.379. The highest BCUT2D eigenvalue weighted by Gasteiger charge is 2.26. The second kappa shape index (κ2) is 10.5. The number of phenols is 1. The zero-order valence-electron chi connectivity index (χ0n) is 21.4. The topological polar surface area (TPSA) is 73.8 Å². The van der Waals surface area contributed by atoms with Crippen LogP contribution in [0.15, 0.2) is 42.5 Å². The van der Waals surface area contributed by atoms with Gasteiger partial charge in [0.1, 0.15) is 23.7 Å².